The van der Waals surface area contributed by atoms with Gasteiger partial charge in [0.05, 0.1) is 29.2 Å². The van der Waals surface area contributed by atoms with E-state index in [0.717, 1.165) is 21.3 Å². The molecular formula is C27H24N2O5S. The number of carbonyl (C=O) groups excluding carboxylic acids is 2. The molecule has 0 saturated heterocycles. The summed E-state index contributed by atoms with van der Waals surface area (Å²) in [6.45, 7) is 2.59. The fraction of sp³-hybridized carbons (Fsp3) is 0.222. The van der Waals surface area contributed by atoms with Crippen LogP contribution in [0.2, 0.25) is 0 Å². The average molecular weight is 489 g/mol. The molecular weight excluding hydrogens is 464 g/mol. The number of rotatable bonds is 7. The number of aryl methyl sites for hydroxylation is 1. The van der Waals surface area contributed by atoms with Gasteiger partial charge in [-0.2, -0.15) is 4.99 Å². The van der Waals surface area contributed by atoms with Gasteiger partial charge in [-0.1, -0.05) is 72.0 Å². The van der Waals surface area contributed by atoms with Crippen LogP contribution in [-0.4, -0.2) is 29.8 Å². The standard InChI is InChI=1S/C27H24N2O5S/c1-2-32-24(30)13-14-29-20-15-21-22(34-17-33-21)16-23(20)35-27(29)28-26(31)25(18-9-5-3-6-10-18)19-11-7-4-8-12-19/h3-12,15-16,25H,2,13-14,17H2,1H3. The van der Waals surface area contributed by atoms with Gasteiger partial charge in [-0.15, -0.1) is 0 Å². The SMILES string of the molecule is CCOC(=O)CCn1c(=NC(=O)C(c2ccccc2)c2ccccc2)sc2cc3c(cc21)OCO3. The van der Waals surface area contributed by atoms with E-state index in [1.807, 2.05) is 77.4 Å². The van der Waals surface area contributed by atoms with Crippen LogP contribution < -0.4 is 14.3 Å². The number of nitrogens with zero attached hydrogens (tertiary/aromatic N) is 2. The zero-order chi connectivity index (χ0) is 24.2. The minimum atomic E-state index is -0.544. The number of carbonyl (C=O) groups is 2. The molecule has 0 bridgehead atoms. The summed E-state index contributed by atoms with van der Waals surface area (Å²) in [5, 5.41) is 0. The minimum absolute atomic E-state index is 0.163. The first-order chi connectivity index (χ1) is 17.1. The Hall–Kier alpha value is -3.91. The molecule has 0 aliphatic carbocycles. The highest BCUT2D eigenvalue weighted by molar-refractivity contribution is 7.16. The van der Waals surface area contributed by atoms with E-state index in [2.05, 4.69) is 4.99 Å². The quantitative estimate of drug-likeness (QED) is 0.354. The molecule has 0 spiro atoms. The van der Waals surface area contributed by atoms with Crippen LogP contribution in [0.15, 0.2) is 77.8 Å². The lowest BCUT2D eigenvalue weighted by molar-refractivity contribution is -0.143. The summed E-state index contributed by atoms with van der Waals surface area (Å²) in [5.41, 5.74) is 2.56. The third-order valence-electron chi connectivity index (χ3n) is 5.74. The lowest BCUT2D eigenvalue weighted by Crippen LogP contribution is -2.22. The van der Waals surface area contributed by atoms with Crippen LogP contribution in [0, 0.1) is 0 Å². The Bertz CT molecular complexity index is 1390. The first-order valence-electron chi connectivity index (χ1n) is 11.4. The van der Waals surface area contributed by atoms with E-state index in [1.165, 1.54) is 11.3 Å². The smallest absolute Gasteiger partial charge is 0.307 e. The van der Waals surface area contributed by atoms with Crippen molar-refractivity contribution >= 4 is 33.4 Å². The Morgan fingerprint density at radius 1 is 1.00 bits per heavy atom. The van der Waals surface area contributed by atoms with E-state index < -0.39 is 5.92 Å². The van der Waals surface area contributed by atoms with Crippen LogP contribution in [-0.2, 0) is 20.9 Å². The van der Waals surface area contributed by atoms with E-state index in [4.69, 9.17) is 14.2 Å². The molecule has 0 unspecified atom stereocenters. The second kappa shape index (κ2) is 10.1. The Balaban J connectivity index is 1.60. The normalized spacial score (nSPS) is 12.9. The zero-order valence-electron chi connectivity index (χ0n) is 19.2. The van der Waals surface area contributed by atoms with E-state index in [1.54, 1.807) is 6.92 Å². The molecule has 1 aliphatic heterocycles. The van der Waals surface area contributed by atoms with Crippen molar-refractivity contribution in [3.63, 3.8) is 0 Å². The topological polar surface area (TPSA) is 79.1 Å². The molecule has 0 radical (unpaired) electrons. The monoisotopic (exact) mass is 488 g/mol. The second-order valence-corrected chi connectivity index (χ2v) is 8.98. The van der Waals surface area contributed by atoms with Gasteiger partial charge >= 0.3 is 5.97 Å². The van der Waals surface area contributed by atoms with Crippen molar-refractivity contribution in [1.82, 2.24) is 4.57 Å². The molecule has 35 heavy (non-hydrogen) atoms. The van der Waals surface area contributed by atoms with Crippen molar-refractivity contribution in [1.29, 1.82) is 0 Å². The number of hydrogen-bond acceptors (Lipinski definition) is 6. The molecule has 0 fully saturated rings. The van der Waals surface area contributed by atoms with E-state index in [9.17, 15) is 9.59 Å². The van der Waals surface area contributed by atoms with Crippen molar-refractivity contribution in [2.75, 3.05) is 13.4 Å². The van der Waals surface area contributed by atoms with Gasteiger partial charge in [0, 0.05) is 18.7 Å². The summed E-state index contributed by atoms with van der Waals surface area (Å²) in [6.07, 6.45) is 0.163. The van der Waals surface area contributed by atoms with Gasteiger partial charge in [0.2, 0.25) is 6.79 Å². The van der Waals surface area contributed by atoms with Crippen LogP contribution in [0.3, 0.4) is 0 Å². The molecule has 8 heteroatoms. The second-order valence-electron chi connectivity index (χ2n) is 7.97. The zero-order valence-corrected chi connectivity index (χ0v) is 20.0. The van der Waals surface area contributed by atoms with Crippen molar-refractivity contribution in [3.8, 4) is 11.5 Å². The molecule has 2 heterocycles. The fourth-order valence-electron chi connectivity index (χ4n) is 4.12. The van der Waals surface area contributed by atoms with Crippen molar-refractivity contribution in [3.05, 3.63) is 88.7 Å². The highest BCUT2D eigenvalue weighted by Crippen LogP contribution is 2.37. The summed E-state index contributed by atoms with van der Waals surface area (Å²) in [7, 11) is 0. The van der Waals surface area contributed by atoms with E-state index in [-0.39, 0.29) is 25.1 Å². The van der Waals surface area contributed by atoms with Gasteiger partial charge < -0.3 is 18.8 Å². The minimum Gasteiger partial charge on any atom is -0.466 e. The van der Waals surface area contributed by atoms with Gasteiger partial charge in [-0.05, 0) is 18.1 Å². The molecule has 4 aromatic rings. The molecule has 3 aromatic carbocycles. The summed E-state index contributed by atoms with van der Waals surface area (Å²) in [4.78, 5) is 30.9. The number of hydrogen-bond donors (Lipinski definition) is 0. The van der Waals surface area contributed by atoms with Crippen LogP contribution in [0.1, 0.15) is 30.4 Å². The molecule has 1 aromatic heterocycles. The van der Waals surface area contributed by atoms with Gasteiger partial charge in [-0.25, -0.2) is 0 Å². The third kappa shape index (κ3) is 4.83. The summed E-state index contributed by atoms with van der Waals surface area (Å²) >= 11 is 1.38. The number of aromatic nitrogens is 1. The summed E-state index contributed by atoms with van der Waals surface area (Å²) in [5.74, 6) is 0.158. The van der Waals surface area contributed by atoms with Gasteiger partial charge in [-0.3, -0.25) is 9.59 Å². The fourth-order valence-corrected chi connectivity index (χ4v) is 5.20. The number of fused-ring (bicyclic) bond motifs is 2. The Kier molecular flexibility index (Phi) is 6.63. The van der Waals surface area contributed by atoms with Crippen molar-refractivity contribution in [2.24, 2.45) is 4.99 Å². The number of ether oxygens (including phenoxy) is 3. The molecule has 0 saturated carbocycles. The predicted octanol–water partition coefficient (Wildman–Crippen LogP) is 4.64. The molecule has 5 rings (SSSR count). The number of thiazole rings is 1. The first-order valence-corrected chi connectivity index (χ1v) is 12.2. The highest BCUT2D eigenvalue weighted by Gasteiger charge is 2.24. The average Bonchev–Trinajstić information content (AvgIpc) is 3.46. The van der Waals surface area contributed by atoms with E-state index >= 15 is 0 Å². The Morgan fingerprint density at radius 3 is 2.26 bits per heavy atom. The molecule has 0 atom stereocenters. The number of amides is 1. The predicted molar refractivity (Wildman–Crippen MR) is 132 cm³/mol. The highest BCUT2D eigenvalue weighted by atomic mass is 32.1. The van der Waals surface area contributed by atoms with Crippen LogP contribution in [0.5, 0.6) is 11.5 Å². The lowest BCUT2D eigenvalue weighted by Gasteiger charge is -2.14. The largest absolute Gasteiger partial charge is 0.466 e. The maximum Gasteiger partial charge on any atom is 0.307 e. The van der Waals surface area contributed by atoms with Crippen molar-refractivity contribution < 1.29 is 23.8 Å². The third-order valence-corrected chi connectivity index (χ3v) is 6.78. The molecule has 0 N–H and O–H groups in total. The molecule has 7 nitrogen and oxygen atoms in total. The summed E-state index contributed by atoms with van der Waals surface area (Å²) < 4.78 is 19.0. The number of esters is 1. The van der Waals surface area contributed by atoms with Crippen LogP contribution >= 0.6 is 11.3 Å². The maximum absolute atomic E-state index is 13.7. The Morgan fingerprint density at radius 2 is 1.63 bits per heavy atom. The van der Waals surface area contributed by atoms with Crippen LogP contribution in [0.4, 0.5) is 0 Å². The molecule has 1 amide bonds. The van der Waals surface area contributed by atoms with Gasteiger partial charge in [0.1, 0.15) is 0 Å². The number of benzene rings is 3. The molecule has 178 valence electrons. The first kappa shape index (κ1) is 22.9. The summed E-state index contributed by atoms with van der Waals surface area (Å²) in [6, 6.07) is 23.0. The Labute approximate surface area is 206 Å². The lowest BCUT2D eigenvalue weighted by atomic mass is 9.91. The molecule has 1 aliphatic rings. The van der Waals surface area contributed by atoms with E-state index in [0.29, 0.717) is 29.5 Å². The van der Waals surface area contributed by atoms with Crippen LogP contribution in [0.25, 0.3) is 10.2 Å². The maximum atomic E-state index is 13.7. The van der Waals surface area contributed by atoms with Gasteiger partial charge in [0.15, 0.2) is 16.3 Å². The van der Waals surface area contributed by atoms with Crippen molar-refractivity contribution in [2.45, 2.75) is 25.8 Å². The van der Waals surface area contributed by atoms with Gasteiger partial charge in [0.25, 0.3) is 5.91 Å².